The predicted molar refractivity (Wildman–Crippen MR) is 55.1 cm³/mol. The lowest BCUT2D eigenvalue weighted by atomic mass is 9.99. The molecule has 0 saturated carbocycles. The summed E-state index contributed by atoms with van der Waals surface area (Å²) in [7, 11) is 0. The van der Waals surface area contributed by atoms with E-state index in [1.807, 2.05) is 6.07 Å². The van der Waals surface area contributed by atoms with Gasteiger partial charge in [-0.2, -0.15) is 0 Å². The Bertz CT molecular complexity index is 292. The first kappa shape index (κ1) is 8.45. The van der Waals surface area contributed by atoms with Crippen LogP contribution in [0.25, 0.3) is 0 Å². The largest absolute Gasteiger partial charge is 0.295 e. The molecule has 1 aliphatic rings. The molecule has 1 aliphatic heterocycles. The van der Waals surface area contributed by atoms with Crippen LogP contribution in [-0.2, 0) is 0 Å². The molecule has 0 spiro atoms. The average molecular weight is 174 g/mol. The van der Waals surface area contributed by atoms with Crippen LogP contribution >= 0.6 is 0 Å². The van der Waals surface area contributed by atoms with E-state index in [0.29, 0.717) is 5.92 Å². The molecule has 2 nitrogen and oxygen atoms in total. The fourth-order valence-electron chi connectivity index (χ4n) is 1.54. The SMILES string of the molecule is CC1N=CC(c2ccccc2)CN1. The summed E-state index contributed by atoms with van der Waals surface area (Å²) in [5.41, 5.74) is 1.34. The van der Waals surface area contributed by atoms with Crippen molar-refractivity contribution in [3.05, 3.63) is 35.9 Å². The van der Waals surface area contributed by atoms with E-state index in [9.17, 15) is 0 Å². The minimum atomic E-state index is 0.278. The quantitative estimate of drug-likeness (QED) is 0.689. The van der Waals surface area contributed by atoms with E-state index in [1.165, 1.54) is 5.56 Å². The van der Waals surface area contributed by atoms with Gasteiger partial charge in [-0.15, -0.1) is 0 Å². The standard InChI is InChI=1S/C11H14N2/c1-9-12-7-11(8-13-9)10-5-3-2-4-6-10/h2-7,9,11,13H,8H2,1H3. The molecule has 2 unspecified atom stereocenters. The Morgan fingerprint density at radius 2 is 2.08 bits per heavy atom. The molecular weight excluding hydrogens is 160 g/mol. The van der Waals surface area contributed by atoms with Gasteiger partial charge in [-0.25, -0.2) is 0 Å². The Balaban J connectivity index is 2.15. The van der Waals surface area contributed by atoms with Crippen LogP contribution in [0, 0.1) is 0 Å². The second-order valence-electron chi connectivity index (χ2n) is 3.40. The summed E-state index contributed by atoms with van der Waals surface area (Å²) in [6.07, 6.45) is 2.33. The van der Waals surface area contributed by atoms with E-state index in [4.69, 9.17) is 0 Å². The number of hydrogen-bond donors (Lipinski definition) is 1. The van der Waals surface area contributed by atoms with Gasteiger partial charge >= 0.3 is 0 Å². The Morgan fingerprint density at radius 1 is 1.31 bits per heavy atom. The van der Waals surface area contributed by atoms with E-state index in [2.05, 4.69) is 47.7 Å². The molecule has 1 aromatic rings. The van der Waals surface area contributed by atoms with Crippen molar-refractivity contribution in [3.8, 4) is 0 Å². The van der Waals surface area contributed by atoms with Gasteiger partial charge in [0.25, 0.3) is 0 Å². The van der Waals surface area contributed by atoms with Crippen molar-refractivity contribution in [1.29, 1.82) is 0 Å². The maximum atomic E-state index is 4.35. The summed E-state index contributed by atoms with van der Waals surface area (Å²) in [5.74, 6) is 0.442. The summed E-state index contributed by atoms with van der Waals surface area (Å²) in [6, 6.07) is 10.5. The molecule has 2 rings (SSSR count). The lowest BCUT2D eigenvalue weighted by molar-refractivity contribution is 0.537. The first-order valence-electron chi connectivity index (χ1n) is 4.68. The summed E-state index contributed by atoms with van der Waals surface area (Å²) < 4.78 is 0. The summed E-state index contributed by atoms with van der Waals surface area (Å²) in [5, 5.41) is 3.33. The molecule has 0 radical (unpaired) electrons. The van der Waals surface area contributed by atoms with Crippen LogP contribution in [0.5, 0.6) is 0 Å². The summed E-state index contributed by atoms with van der Waals surface area (Å²) in [6.45, 7) is 3.06. The molecule has 0 bridgehead atoms. The minimum absolute atomic E-state index is 0.278. The van der Waals surface area contributed by atoms with Crippen LogP contribution in [0.4, 0.5) is 0 Å². The van der Waals surface area contributed by atoms with Gasteiger partial charge in [0.15, 0.2) is 0 Å². The van der Waals surface area contributed by atoms with Gasteiger partial charge in [0.2, 0.25) is 0 Å². The van der Waals surface area contributed by atoms with Crippen molar-refractivity contribution in [2.24, 2.45) is 4.99 Å². The third kappa shape index (κ3) is 1.95. The highest BCUT2D eigenvalue weighted by molar-refractivity contribution is 5.69. The maximum Gasteiger partial charge on any atom is 0.0962 e. The van der Waals surface area contributed by atoms with E-state index in [1.54, 1.807) is 0 Å². The molecule has 0 aliphatic carbocycles. The van der Waals surface area contributed by atoms with Crippen molar-refractivity contribution in [3.63, 3.8) is 0 Å². The lowest BCUT2D eigenvalue weighted by Gasteiger charge is -2.21. The summed E-state index contributed by atoms with van der Waals surface area (Å²) >= 11 is 0. The minimum Gasteiger partial charge on any atom is -0.295 e. The van der Waals surface area contributed by atoms with E-state index < -0.39 is 0 Å². The monoisotopic (exact) mass is 174 g/mol. The van der Waals surface area contributed by atoms with Crippen molar-refractivity contribution in [2.45, 2.75) is 19.0 Å². The number of rotatable bonds is 1. The highest BCUT2D eigenvalue weighted by atomic mass is 15.1. The number of nitrogens with one attached hydrogen (secondary N) is 1. The Kier molecular flexibility index (Phi) is 2.41. The Labute approximate surface area is 78.7 Å². The van der Waals surface area contributed by atoms with Crippen LogP contribution in [0.3, 0.4) is 0 Å². The highest BCUT2D eigenvalue weighted by Gasteiger charge is 2.13. The van der Waals surface area contributed by atoms with Gasteiger partial charge in [0.05, 0.1) is 6.17 Å². The molecule has 1 heterocycles. The predicted octanol–water partition coefficient (Wildman–Crippen LogP) is 1.79. The van der Waals surface area contributed by atoms with Crippen molar-refractivity contribution >= 4 is 6.21 Å². The molecule has 0 fully saturated rings. The fraction of sp³-hybridized carbons (Fsp3) is 0.364. The lowest BCUT2D eigenvalue weighted by Crippen LogP contribution is -2.34. The molecule has 0 saturated heterocycles. The van der Waals surface area contributed by atoms with Crippen molar-refractivity contribution in [1.82, 2.24) is 5.32 Å². The highest BCUT2D eigenvalue weighted by Crippen LogP contribution is 2.14. The zero-order chi connectivity index (χ0) is 9.10. The first-order chi connectivity index (χ1) is 6.36. The van der Waals surface area contributed by atoms with Gasteiger partial charge in [-0.1, -0.05) is 30.3 Å². The van der Waals surface area contributed by atoms with E-state index >= 15 is 0 Å². The van der Waals surface area contributed by atoms with E-state index in [-0.39, 0.29) is 6.17 Å². The van der Waals surface area contributed by atoms with Crippen molar-refractivity contribution in [2.75, 3.05) is 6.54 Å². The number of aliphatic imine (C=N–C) groups is 1. The normalized spacial score (nSPS) is 27.5. The van der Waals surface area contributed by atoms with Gasteiger partial charge in [0.1, 0.15) is 0 Å². The number of hydrogen-bond acceptors (Lipinski definition) is 2. The van der Waals surface area contributed by atoms with Crippen LogP contribution in [0.1, 0.15) is 18.4 Å². The van der Waals surface area contributed by atoms with Crippen LogP contribution < -0.4 is 5.32 Å². The first-order valence-corrected chi connectivity index (χ1v) is 4.68. The molecule has 0 aromatic heterocycles. The number of nitrogens with zero attached hydrogens (tertiary/aromatic N) is 1. The van der Waals surface area contributed by atoms with Gasteiger partial charge in [-0.3, -0.25) is 10.3 Å². The topological polar surface area (TPSA) is 24.4 Å². The molecule has 13 heavy (non-hydrogen) atoms. The molecule has 2 heteroatoms. The zero-order valence-corrected chi connectivity index (χ0v) is 7.77. The second-order valence-corrected chi connectivity index (χ2v) is 3.40. The maximum absolute atomic E-state index is 4.35. The molecule has 68 valence electrons. The number of benzene rings is 1. The van der Waals surface area contributed by atoms with Gasteiger partial charge in [0, 0.05) is 18.7 Å². The van der Waals surface area contributed by atoms with Crippen molar-refractivity contribution < 1.29 is 0 Å². The van der Waals surface area contributed by atoms with E-state index in [0.717, 1.165) is 6.54 Å². The van der Waals surface area contributed by atoms with Crippen LogP contribution in [-0.4, -0.2) is 18.9 Å². The third-order valence-electron chi connectivity index (χ3n) is 2.35. The molecule has 1 N–H and O–H groups in total. The molecular formula is C11H14N2. The van der Waals surface area contributed by atoms with Crippen LogP contribution in [0.15, 0.2) is 35.3 Å². The second kappa shape index (κ2) is 3.71. The Hall–Kier alpha value is -1.15. The third-order valence-corrected chi connectivity index (χ3v) is 2.35. The summed E-state index contributed by atoms with van der Waals surface area (Å²) in [4.78, 5) is 4.35. The zero-order valence-electron chi connectivity index (χ0n) is 7.77. The fourth-order valence-corrected chi connectivity index (χ4v) is 1.54. The average Bonchev–Trinajstić information content (AvgIpc) is 2.20. The smallest absolute Gasteiger partial charge is 0.0962 e. The molecule has 2 atom stereocenters. The van der Waals surface area contributed by atoms with Crippen LogP contribution in [0.2, 0.25) is 0 Å². The molecule has 0 amide bonds. The molecule has 1 aromatic carbocycles. The van der Waals surface area contributed by atoms with Gasteiger partial charge in [-0.05, 0) is 12.5 Å². The van der Waals surface area contributed by atoms with Gasteiger partial charge < -0.3 is 0 Å². The Morgan fingerprint density at radius 3 is 2.69 bits per heavy atom.